The molecule has 15 heavy (non-hydrogen) atoms. The molecule has 1 aromatic carbocycles. The van der Waals surface area contributed by atoms with Crippen molar-refractivity contribution in [3.8, 4) is 5.75 Å². The molecule has 1 atom stereocenters. The molecule has 0 heterocycles. The molecule has 0 bridgehead atoms. The Kier molecular flexibility index (Phi) is 4.43. The Hall–Kier alpha value is -1.22. The van der Waals surface area contributed by atoms with Crippen LogP contribution in [0.25, 0.3) is 0 Å². The molecule has 0 saturated carbocycles. The summed E-state index contributed by atoms with van der Waals surface area (Å²) >= 11 is 5.90. The largest absolute Gasteiger partial charge is 0.494 e. The fourth-order valence-corrected chi connectivity index (χ4v) is 1.39. The van der Waals surface area contributed by atoms with Crippen LogP contribution in [0.4, 0.5) is 0 Å². The number of rotatable bonds is 4. The molecule has 0 N–H and O–H groups in total. The predicted molar refractivity (Wildman–Crippen MR) is 58.2 cm³/mol. The molecule has 0 aromatic heterocycles. The molecule has 1 rings (SSSR count). The number of carbonyl (C=O) groups is 1. The van der Waals surface area contributed by atoms with Crippen molar-refractivity contribution in [3.05, 3.63) is 29.8 Å². The van der Waals surface area contributed by atoms with E-state index >= 15 is 0 Å². The number of esters is 1. The van der Waals surface area contributed by atoms with Crippen molar-refractivity contribution in [2.24, 2.45) is 0 Å². The molecule has 1 aromatic rings. The Morgan fingerprint density at radius 1 is 1.53 bits per heavy atom. The van der Waals surface area contributed by atoms with Gasteiger partial charge in [-0.2, -0.15) is 0 Å². The lowest BCUT2D eigenvalue weighted by Gasteiger charge is -2.09. The van der Waals surface area contributed by atoms with E-state index in [2.05, 4.69) is 4.74 Å². The van der Waals surface area contributed by atoms with Crippen molar-refractivity contribution in [2.45, 2.75) is 12.3 Å². The van der Waals surface area contributed by atoms with E-state index in [1.54, 1.807) is 18.2 Å². The molecule has 3 nitrogen and oxygen atoms in total. The van der Waals surface area contributed by atoms with Crippen LogP contribution in [-0.4, -0.2) is 19.7 Å². The van der Waals surface area contributed by atoms with Gasteiger partial charge in [-0.1, -0.05) is 12.1 Å². The van der Waals surface area contributed by atoms with Gasteiger partial charge in [0.2, 0.25) is 0 Å². The first-order valence-corrected chi connectivity index (χ1v) is 5.07. The maximum atomic E-state index is 11.2. The van der Waals surface area contributed by atoms with Crippen LogP contribution in [0.15, 0.2) is 24.3 Å². The molecule has 82 valence electrons. The molecular formula is C11H13ClO3. The summed E-state index contributed by atoms with van der Waals surface area (Å²) in [5, 5.41) is -0.782. The number of hydrogen-bond donors (Lipinski definition) is 0. The summed E-state index contributed by atoms with van der Waals surface area (Å²) in [5.41, 5.74) is 0.675. The number of halogens is 1. The number of carbonyl (C=O) groups excluding carboxylic acids is 1. The van der Waals surface area contributed by atoms with Crippen molar-refractivity contribution in [1.82, 2.24) is 0 Å². The minimum absolute atomic E-state index is 0.467. The van der Waals surface area contributed by atoms with Gasteiger partial charge < -0.3 is 9.47 Å². The highest BCUT2D eigenvalue weighted by atomic mass is 35.5. The van der Waals surface area contributed by atoms with E-state index in [1.807, 2.05) is 13.0 Å². The number of benzene rings is 1. The maximum absolute atomic E-state index is 11.2. The van der Waals surface area contributed by atoms with Crippen LogP contribution in [0.5, 0.6) is 5.75 Å². The van der Waals surface area contributed by atoms with E-state index < -0.39 is 11.3 Å². The Balaban J connectivity index is 2.84. The number of hydrogen-bond acceptors (Lipinski definition) is 3. The fraction of sp³-hybridized carbons (Fsp3) is 0.364. The number of ether oxygens (including phenoxy) is 2. The fourth-order valence-electron chi connectivity index (χ4n) is 1.17. The first-order chi connectivity index (χ1) is 7.19. The molecule has 0 amide bonds. The summed E-state index contributed by atoms with van der Waals surface area (Å²) in [6.07, 6.45) is 0. The van der Waals surface area contributed by atoms with E-state index in [0.717, 1.165) is 0 Å². The van der Waals surface area contributed by atoms with E-state index in [9.17, 15) is 4.79 Å². The highest BCUT2D eigenvalue weighted by Crippen LogP contribution is 2.25. The zero-order chi connectivity index (χ0) is 11.3. The zero-order valence-corrected chi connectivity index (χ0v) is 9.45. The monoisotopic (exact) mass is 228 g/mol. The molecular weight excluding hydrogens is 216 g/mol. The second kappa shape index (κ2) is 5.61. The third-order valence-corrected chi connectivity index (χ3v) is 2.30. The van der Waals surface area contributed by atoms with E-state index in [0.29, 0.717) is 17.9 Å². The van der Waals surface area contributed by atoms with Gasteiger partial charge in [-0.25, -0.2) is 0 Å². The maximum Gasteiger partial charge on any atom is 0.328 e. The van der Waals surface area contributed by atoms with Gasteiger partial charge in [-0.05, 0) is 24.6 Å². The SMILES string of the molecule is CCOc1cccc(C(Cl)C(=O)OC)c1. The van der Waals surface area contributed by atoms with Crippen LogP contribution in [-0.2, 0) is 9.53 Å². The number of methoxy groups -OCH3 is 1. The summed E-state index contributed by atoms with van der Waals surface area (Å²) < 4.78 is 9.85. The van der Waals surface area contributed by atoms with Gasteiger partial charge in [0.1, 0.15) is 5.75 Å². The first kappa shape index (κ1) is 11.9. The molecule has 0 saturated heterocycles. The Labute approximate surface area is 93.9 Å². The van der Waals surface area contributed by atoms with Crippen LogP contribution in [0, 0.1) is 0 Å². The Morgan fingerprint density at radius 3 is 2.87 bits per heavy atom. The quantitative estimate of drug-likeness (QED) is 0.587. The summed E-state index contributed by atoms with van der Waals surface area (Å²) in [5.74, 6) is 0.231. The Morgan fingerprint density at radius 2 is 2.27 bits per heavy atom. The van der Waals surface area contributed by atoms with Crippen LogP contribution in [0.2, 0.25) is 0 Å². The van der Waals surface area contributed by atoms with Crippen molar-refractivity contribution >= 4 is 17.6 Å². The summed E-state index contributed by atoms with van der Waals surface area (Å²) in [6, 6.07) is 7.10. The van der Waals surface area contributed by atoms with Gasteiger partial charge in [0.15, 0.2) is 5.38 Å². The molecule has 0 aliphatic carbocycles. The average Bonchev–Trinajstić information content (AvgIpc) is 2.28. The van der Waals surface area contributed by atoms with Crippen molar-refractivity contribution < 1.29 is 14.3 Å². The van der Waals surface area contributed by atoms with E-state index in [1.165, 1.54) is 7.11 Å². The highest BCUT2D eigenvalue weighted by molar-refractivity contribution is 6.29. The lowest BCUT2D eigenvalue weighted by atomic mass is 10.1. The van der Waals surface area contributed by atoms with Crippen LogP contribution in [0.3, 0.4) is 0 Å². The van der Waals surface area contributed by atoms with Crippen molar-refractivity contribution in [2.75, 3.05) is 13.7 Å². The standard InChI is InChI=1S/C11H13ClO3/c1-3-15-9-6-4-5-8(7-9)10(12)11(13)14-2/h4-7,10H,3H2,1-2H3. The molecule has 1 unspecified atom stereocenters. The molecule has 0 aliphatic heterocycles. The summed E-state index contributed by atoms with van der Waals surface area (Å²) in [6.45, 7) is 2.47. The lowest BCUT2D eigenvalue weighted by molar-refractivity contribution is -0.140. The van der Waals surface area contributed by atoms with Crippen LogP contribution in [0.1, 0.15) is 17.9 Å². The van der Waals surface area contributed by atoms with E-state index in [-0.39, 0.29) is 0 Å². The van der Waals surface area contributed by atoms with Gasteiger partial charge in [0, 0.05) is 0 Å². The minimum atomic E-state index is -0.782. The van der Waals surface area contributed by atoms with Crippen molar-refractivity contribution in [3.63, 3.8) is 0 Å². The highest BCUT2D eigenvalue weighted by Gasteiger charge is 2.18. The zero-order valence-electron chi connectivity index (χ0n) is 8.70. The van der Waals surface area contributed by atoms with Gasteiger partial charge in [-0.15, -0.1) is 11.6 Å². The Bertz CT molecular complexity index is 338. The molecule has 4 heteroatoms. The summed E-state index contributed by atoms with van der Waals surface area (Å²) in [4.78, 5) is 11.2. The predicted octanol–water partition coefficient (Wildman–Crippen LogP) is 2.54. The molecule has 0 radical (unpaired) electrons. The smallest absolute Gasteiger partial charge is 0.328 e. The van der Waals surface area contributed by atoms with Gasteiger partial charge >= 0.3 is 5.97 Å². The van der Waals surface area contributed by atoms with E-state index in [4.69, 9.17) is 16.3 Å². The summed E-state index contributed by atoms with van der Waals surface area (Å²) in [7, 11) is 1.31. The molecule has 0 fully saturated rings. The third-order valence-electron chi connectivity index (χ3n) is 1.87. The normalized spacial score (nSPS) is 11.9. The third kappa shape index (κ3) is 3.13. The topological polar surface area (TPSA) is 35.5 Å². The van der Waals surface area contributed by atoms with Crippen LogP contribution >= 0.6 is 11.6 Å². The molecule has 0 spiro atoms. The van der Waals surface area contributed by atoms with Gasteiger partial charge in [0.25, 0.3) is 0 Å². The second-order valence-electron chi connectivity index (χ2n) is 2.89. The molecule has 0 aliphatic rings. The second-order valence-corrected chi connectivity index (χ2v) is 3.33. The van der Waals surface area contributed by atoms with Crippen molar-refractivity contribution in [1.29, 1.82) is 0 Å². The average molecular weight is 229 g/mol. The first-order valence-electron chi connectivity index (χ1n) is 4.63. The lowest BCUT2D eigenvalue weighted by Crippen LogP contribution is -2.08. The van der Waals surface area contributed by atoms with Crippen LogP contribution < -0.4 is 4.74 Å². The van der Waals surface area contributed by atoms with Gasteiger partial charge in [0.05, 0.1) is 13.7 Å². The number of alkyl halides is 1. The minimum Gasteiger partial charge on any atom is -0.494 e. The van der Waals surface area contributed by atoms with Gasteiger partial charge in [-0.3, -0.25) is 4.79 Å².